The molecule has 0 saturated heterocycles. The van der Waals surface area contributed by atoms with Crippen LogP contribution in [0.2, 0.25) is 0 Å². The lowest BCUT2D eigenvalue weighted by Crippen LogP contribution is -2.26. The van der Waals surface area contributed by atoms with Crippen molar-refractivity contribution in [2.45, 2.75) is 6.92 Å². The van der Waals surface area contributed by atoms with Gasteiger partial charge in [0.25, 0.3) is 0 Å². The van der Waals surface area contributed by atoms with Gasteiger partial charge < -0.3 is 10.5 Å². The quantitative estimate of drug-likeness (QED) is 0.478. The molecule has 0 bridgehead atoms. The second-order valence-corrected chi connectivity index (χ2v) is 3.05. The van der Waals surface area contributed by atoms with Gasteiger partial charge in [0.1, 0.15) is 20.2 Å². The Hall–Kier alpha value is -1.40. The molecule has 0 heterocycles. The first-order valence-electron chi connectivity index (χ1n) is 4.27. The summed E-state index contributed by atoms with van der Waals surface area (Å²) in [5, 5.41) is 10.7. The number of carbonyl (C=O) groups excluding carboxylic acids is 1. The molecule has 1 aromatic rings. The van der Waals surface area contributed by atoms with Crippen molar-refractivity contribution in [1.29, 1.82) is 0 Å². The molecule has 0 aliphatic carbocycles. The molecule has 1 aromatic carbocycles. The summed E-state index contributed by atoms with van der Waals surface area (Å²) in [5.74, 6) is -1.00. The van der Waals surface area contributed by atoms with Gasteiger partial charge >= 0.3 is 0 Å². The summed E-state index contributed by atoms with van der Waals surface area (Å²) in [5.41, 5.74) is 2.85. The zero-order chi connectivity index (χ0) is 11.4. The van der Waals surface area contributed by atoms with Crippen LogP contribution in [-0.2, 0) is 4.79 Å². The highest BCUT2D eigenvalue weighted by Gasteiger charge is 2.07. The molecule has 0 aliphatic heterocycles. The van der Waals surface area contributed by atoms with E-state index in [1.165, 1.54) is 12.1 Å². The standard InChI is InChI=1S/C9H10BFN2O2/c1-5-7(10)2-6(11)3-8(5)13-9(14)4-12-15/h2-3,12,15H,4H2,1H3,(H,13,14). The summed E-state index contributed by atoms with van der Waals surface area (Å²) in [4.78, 5) is 11.1. The molecular weight excluding hydrogens is 198 g/mol. The number of benzene rings is 1. The molecule has 0 saturated carbocycles. The lowest BCUT2D eigenvalue weighted by atomic mass is 9.90. The second kappa shape index (κ2) is 4.90. The molecule has 1 amide bonds. The monoisotopic (exact) mass is 208 g/mol. The summed E-state index contributed by atoms with van der Waals surface area (Å²) < 4.78 is 12.9. The fourth-order valence-electron chi connectivity index (χ4n) is 1.10. The molecule has 0 aliphatic rings. The minimum atomic E-state index is -0.523. The van der Waals surface area contributed by atoms with Crippen LogP contribution in [0.4, 0.5) is 10.1 Å². The van der Waals surface area contributed by atoms with Gasteiger partial charge in [-0.05, 0) is 24.6 Å². The average Bonchev–Trinajstić information content (AvgIpc) is 2.13. The van der Waals surface area contributed by atoms with E-state index in [0.717, 1.165) is 0 Å². The minimum Gasteiger partial charge on any atom is -0.325 e. The van der Waals surface area contributed by atoms with Crippen LogP contribution in [0, 0.1) is 12.7 Å². The first kappa shape index (κ1) is 11.7. The van der Waals surface area contributed by atoms with Crippen molar-refractivity contribution in [2.24, 2.45) is 0 Å². The van der Waals surface area contributed by atoms with Crippen LogP contribution in [0.15, 0.2) is 12.1 Å². The normalized spacial score (nSPS) is 10.1. The third kappa shape index (κ3) is 3.04. The molecule has 0 atom stereocenters. The van der Waals surface area contributed by atoms with E-state index in [0.29, 0.717) is 11.3 Å². The molecule has 0 fully saturated rings. The number of halogens is 1. The molecule has 4 nitrogen and oxygen atoms in total. The van der Waals surface area contributed by atoms with Gasteiger partial charge in [0, 0.05) is 5.69 Å². The molecule has 0 unspecified atom stereocenters. The van der Waals surface area contributed by atoms with Crippen molar-refractivity contribution in [3.63, 3.8) is 0 Å². The number of hydroxylamine groups is 1. The highest BCUT2D eigenvalue weighted by atomic mass is 19.1. The Bertz CT molecular complexity index is 385. The summed E-state index contributed by atoms with van der Waals surface area (Å²) in [6, 6.07) is 2.34. The van der Waals surface area contributed by atoms with Crippen molar-refractivity contribution in [2.75, 3.05) is 11.9 Å². The molecule has 15 heavy (non-hydrogen) atoms. The van der Waals surface area contributed by atoms with E-state index in [2.05, 4.69) is 5.32 Å². The van der Waals surface area contributed by atoms with E-state index in [1.807, 2.05) is 0 Å². The van der Waals surface area contributed by atoms with Crippen LogP contribution < -0.4 is 16.3 Å². The van der Waals surface area contributed by atoms with Gasteiger partial charge in [-0.1, -0.05) is 5.46 Å². The summed E-state index contributed by atoms with van der Waals surface area (Å²) in [7, 11) is 5.51. The van der Waals surface area contributed by atoms with Crippen LogP contribution in [0.5, 0.6) is 0 Å². The van der Waals surface area contributed by atoms with Gasteiger partial charge in [-0.2, -0.15) is 5.48 Å². The van der Waals surface area contributed by atoms with Crippen molar-refractivity contribution in [3.8, 4) is 0 Å². The van der Waals surface area contributed by atoms with Crippen molar-refractivity contribution < 1.29 is 14.4 Å². The third-order valence-corrected chi connectivity index (χ3v) is 1.93. The number of nitrogens with one attached hydrogen (secondary N) is 2. The van der Waals surface area contributed by atoms with Gasteiger partial charge in [0.2, 0.25) is 5.91 Å². The van der Waals surface area contributed by atoms with Crippen molar-refractivity contribution in [1.82, 2.24) is 5.48 Å². The highest BCUT2D eigenvalue weighted by Crippen LogP contribution is 2.13. The van der Waals surface area contributed by atoms with E-state index in [-0.39, 0.29) is 12.0 Å². The Balaban J connectivity index is 2.89. The smallest absolute Gasteiger partial charge is 0.240 e. The lowest BCUT2D eigenvalue weighted by molar-refractivity contribution is -0.116. The second-order valence-electron chi connectivity index (χ2n) is 3.05. The molecule has 78 valence electrons. The zero-order valence-corrected chi connectivity index (χ0v) is 8.17. The summed E-state index contributed by atoms with van der Waals surface area (Å²) in [6.45, 7) is 1.40. The largest absolute Gasteiger partial charge is 0.325 e. The maximum Gasteiger partial charge on any atom is 0.240 e. The Morgan fingerprint density at radius 1 is 1.60 bits per heavy atom. The number of carbonyl (C=O) groups is 1. The number of hydrogen-bond donors (Lipinski definition) is 3. The number of rotatable bonds is 3. The Labute approximate surface area is 87.9 Å². The first-order chi connectivity index (χ1) is 7.04. The van der Waals surface area contributed by atoms with E-state index in [1.54, 1.807) is 12.4 Å². The molecule has 3 N–H and O–H groups in total. The molecule has 6 heteroatoms. The molecule has 1 rings (SSSR count). The van der Waals surface area contributed by atoms with E-state index >= 15 is 0 Å². The van der Waals surface area contributed by atoms with Crippen LogP contribution in [0.3, 0.4) is 0 Å². The predicted octanol–water partition coefficient (Wildman–Crippen LogP) is -0.155. The minimum absolute atomic E-state index is 0.266. The van der Waals surface area contributed by atoms with Crippen molar-refractivity contribution in [3.05, 3.63) is 23.5 Å². The summed E-state index contributed by atoms with van der Waals surface area (Å²) >= 11 is 0. The van der Waals surface area contributed by atoms with Crippen LogP contribution in [0.1, 0.15) is 5.56 Å². The van der Waals surface area contributed by atoms with Gasteiger partial charge in [0.15, 0.2) is 0 Å². The van der Waals surface area contributed by atoms with E-state index in [4.69, 9.17) is 13.1 Å². The van der Waals surface area contributed by atoms with Gasteiger partial charge in [-0.25, -0.2) is 4.39 Å². The molecular formula is C9H10BFN2O2. The van der Waals surface area contributed by atoms with Gasteiger partial charge in [-0.3, -0.25) is 4.79 Å². The average molecular weight is 208 g/mol. The molecule has 2 radical (unpaired) electrons. The fraction of sp³-hybridized carbons (Fsp3) is 0.222. The molecule has 0 spiro atoms. The Morgan fingerprint density at radius 3 is 2.87 bits per heavy atom. The number of amides is 1. The number of hydrogen-bond acceptors (Lipinski definition) is 3. The Morgan fingerprint density at radius 2 is 2.27 bits per heavy atom. The van der Waals surface area contributed by atoms with Crippen LogP contribution >= 0.6 is 0 Å². The van der Waals surface area contributed by atoms with Crippen LogP contribution in [0.25, 0.3) is 0 Å². The van der Waals surface area contributed by atoms with E-state index in [9.17, 15) is 9.18 Å². The lowest BCUT2D eigenvalue weighted by Gasteiger charge is -2.10. The fourth-order valence-corrected chi connectivity index (χ4v) is 1.10. The topological polar surface area (TPSA) is 61.4 Å². The zero-order valence-electron chi connectivity index (χ0n) is 8.17. The predicted molar refractivity (Wildman–Crippen MR) is 54.9 cm³/mol. The van der Waals surface area contributed by atoms with Gasteiger partial charge in [0.05, 0.1) is 0 Å². The maximum absolute atomic E-state index is 12.9. The maximum atomic E-state index is 12.9. The summed E-state index contributed by atoms with van der Waals surface area (Å²) in [6.07, 6.45) is 0. The van der Waals surface area contributed by atoms with Crippen LogP contribution in [-0.4, -0.2) is 25.5 Å². The van der Waals surface area contributed by atoms with Gasteiger partial charge in [-0.15, -0.1) is 0 Å². The first-order valence-corrected chi connectivity index (χ1v) is 4.27. The molecule has 0 aromatic heterocycles. The Kier molecular flexibility index (Phi) is 3.82. The van der Waals surface area contributed by atoms with E-state index < -0.39 is 11.7 Å². The SMILES string of the molecule is [B]c1cc(F)cc(NC(=O)CNO)c1C. The van der Waals surface area contributed by atoms with Crippen molar-refractivity contribution >= 4 is 24.9 Å². The number of anilines is 1. The highest BCUT2D eigenvalue weighted by molar-refractivity contribution is 6.33. The third-order valence-electron chi connectivity index (χ3n) is 1.93.